The number of benzene rings is 2. The molecule has 0 heterocycles. The third kappa shape index (κ3) is 3.83. The first-order valence-corrected chi connectivity index (χ1v) is 6.55. The molecular formula is C16H15NO5. The van der Waals surface area contributed by atoms with Gasteiger partial charge in [0.25, 0.3) is 0 Å². The lowest BCUT2D eigenvalue weighted by atomic mass is 10.00. The Morgan fingerprint density at radius 2 is 1.82 bits per heavy atom. The van der Waals surface area contributed by atoms with E-state index in [-0.39, 0.29) is 17.7 Å². The summed E-state index contributed by atoms with van der Waals surface area (Å²) in [7, 11) is 0. The number of rotatable bonds is 5. The minimum atomic E-state index is -1.17. The summed E-state index contributed by atoms with van der Waals surface area (Å²) in [6.45, 7) is 0. The van der Waals surface area contributed by atoms with Crippen molar-refractivity contribution >= 4 is 11.9 Å². The Morgan fingerprint density at radius 3 is 2.45 bits per heavy atom. The lowest BCUT2D eigenvalue weighted by Crippen LogP contribution is -2.33. The summed E-state index contributed by atoms with van der Waals surface area (Å²) in [4.78, 5) is 23.1. The smallest absolute Gasteiger partial charge is 0.343 e. The lowest BCUT2D eigenvalue weighted by Gasteiger charge is -2.12. The lowest BCUT2D eigenvalue weighted by molar-refractivity contribution is -0.138. The van der Waals surface area contributed by atoms with Crippen LogP contribution in [0.5, 0.6) is 11.5 Å². The molecule has 0 aliphatic heterocycles. The Hall–Kier alpha value is -2.86. The highest BCUT2D eigenvalue weighted by Crippen LogP contribution is 2.20. The molecular weight excluding hydrogens is 286 g/mol. The van der Waals surface area contributed by atoms with Crippen molar-refractivity contribution in [1.29, 1.82) is 0 Å². The maximum absolute atomic E-state index is 12.2. The van der Waals surface area contributed by atoms with Gasteiger partial charge in [0, 0.05) is 0 Å². The van der Waals surface area contributed by atoms with Gasteiger partial charge >= 0.3 is 11.9 Å². The van der Waals surface area contributed by atoms with Gasteiger partial charge in [-0.25, -0.2) is 4.79 Å². The summed E-state index contributed by atoms with van der Waals surface area (Å²) in [5.41, 5.74) is 5.97. The highest BCUT2D eigenvalue weighted by molar-refractivity contribution is 5.93. The largest absolute Gasteiger partial charge is 0.508 e. The molecule has 0 aliphatic carbocycles. The monoisotopic (exact) mass is 301 g/mol. The van der Waals surface area contributed by atoms with Gasteiger partial charge in [-0.1, -0.05) is 24.3 Å². The van der Waals surface area contributed by atoms with Gasteiger partial charge in [0.2, 0.25) is 0 Å². The molecule has 1 atom stereocenters. The first kappa shape index (κ1) is 15.5. The van der Waals surface area contributed by atoms with E-state index in [0.717, 1.165) is 0 Å². The van der Waals surface area contributed by atoms with Crippen molar-refractivity contribution in [2.24, 2.45) is 5.73 Å². The van der Waals surface area contributed by atoms with E-state index in [4.69, 9.17) is 15.6 Å². The van der Waals surface area contributed by atoms with Crippen molar-refractivity contribution in [3.05, 3.63) is 59.7 Å². The molecule has 2 aromatic carbocycles. The Bertz CT molecular complexity index is 684. The number of carboxylic acids is 1. The minimum Gasteiger partial charge on any atom is -0.508 e. The molecule has 0 fully saturated rings. The summed E-state index contributed by atoms with van der Waals surface area (Å²) in [6, 6.07) is 11.3. The zero-order valence-electron chi connectivity index (χ0n) is 11.6. The number of phenolic OH excluding ortho intramolecular Hbond substituents is 1. The number of nitrogens with two attached hydrogens (primary N) is 1. The van der Waals surface area contributed by atoms with Gasteiger partial charge < -0.3 is 20.7 Å². The molecule has 0 aliphatic rings. The molecule has 6 heteroatoms. The van der Waals surface area contributed by atoms with Gasteiger partial charge in [-0.15, -0.1) is 0 Å². The second-order valence-corrected chi connectivity index (χ2v) is 4.69. The van der Waals surface area contributed by atoms with Crippen molar-refractivity contribution < 1.29 is 24.5 Å². The van der Waals surface area contributed by atoms with Crippen molar-refractivity contribution in [3.8, 4) is 11.5 Å². The van der Waals surface area contributed by atoms with E-state index in [2.05, 4.69) is 0 Å². The maximum Gasteiger partial charge on any atom is 0.343 e. The number of aliphatic carboxylic acids is 1. The van der Waals surface area contributed by atoms with Gasteiger partial charge in [0.15, 0.2) is 0 Å². The van der Waals surface area contributed by atoms with Crippen LogP contribution in [-0.4, -0.2) is 28.2 Å². The summed E-state index contributed by atoms with van der Waals surface area (Å²) < 4.78 is 5.20. The number of hydrogen-bond donors (Lipinski definition) is 3. The van der Waals surface area contributed by atoms with Crippen molar-refractivity contribution in [2.45, 2.75) is 12.5 Å². The number of carbonyl (C=O) groups is 2. The predicted molar refractivity (Wildman–Crippen MR) is 78.8 cm³/mol. The molecule has 0 saturated heterocycles. The molecule has 0 radical (unpaired) electrons. The number of aromatic hydroxyl groups is 1. The number of esters is 1. The standard InChI is InChI=1S/C16H15NO5/c17-14(15(19)20)8-10-6-7-11(18)9-13(10)16(21)22-12-4-2-1-3-5-12/h1-7,9,14,18H,8,17H2,(H,19,20)/t14-/m0/s1. The number of carboxylic acid groups (broad SMARTS) is 1. The van der Waals surface area contributed by atoms with E-state index in [1.54, 1.807) is 30.3 Å². The average molecular weight is 301 g/mol. The van der Waals surface area contributed by atoms with E-state index in [0.29, 0.717) is 11.3 Å². The minimum absolute atomic E-state index is 0.0468. The number of ether oxygens (including phenoxy) is 1. The molecule has 0 saturated carbocycles. The van der Waals surface area contributed by atoms with Crippen molar-refractivity contribution in [3.63, 3.8) is 0 Å². The molecule has 0 aromatic heterocycles. The first-order valence-electron chi connectivity index (χ1n) is 6.55. The van der Waals surface area contributed by atoms with Crippen LogP contribution in [0.1, 0.15) is 15.9 Å². The number of hydrogen-bond acceptors (Lipinski definition) is 5. The van der Waals surface area contributed by atoms with Gasteiger partial charge in [0.1, 0.15) is 17.5 Å². The Balaban J connectivity index is 2.26. The van der Waals surface area contributed by atoms with Gasteiger partial charge in [-0.05, 0) is 36.2 Å². The zero-order valence-corrected chi connectivity index (χ0v) is 11.6. The normalized spacial score (nSPS) is 11.7. The summed E-state index contributed by atoms with van der Waals surface area (Å²) in [5.74, 6) is -1.62. The number of phenols is 1. The van der Waals surface area contributed by atoms with Gasteiger partial charge in [-0.2, -0.15) is 0 Å². The maximum atomic E-state index is 12.2. The molecule has 6 nitrogen and oxygen atoms in total. The van der Waals surface area contributed by atoms with Crippen LogP contribution in [0.15, 0.2) is 48.5 Å². The number of carbonyl (C=O) groups excluding carboxylic acids is 1. The van der Waals surface area contributed by atoms with E-state index in [1.165, 1.54) is 18.2 Å². The molecule has 22 heavy (non-hydrogen) atoms. The van der Waals surface area contributed by atoms with Crippen LogP contribution >= 0.6 is 0 Å². The molecule has 2 aromatic rings. The quantitative estimate of drug-likeness (QED) is 0.571. The van der Waals surface area contributed by atoms with Crippen LogP contribution in [-0.2, 0) is 11.2 Å². The van der Waals surface area contributed by atoms with E-state index < -0.39 is 18.0 Å². The SMILES string of the molecule is N[C@@H](Cc1ccc(O)cc1C(=O)Oc1ccccc1)C(=O)O. The van der Waals surface area contributed by atoms with E-state index in [1.807, 2.05) is 0 Å². The molecule has 0 amide bonds. The Labute approximate surface area is 126 Å². The highest BCUT2D eigenvalue weighted by atomic mass is 16.5. The van der Waals surface area contributed by atoms with Crippen molar-refractivity contribution in [1.82, 2.24) is 0 Å². The molecule has 114 valence electrons. The third-order valence-electron chi connectivity index (χ3n) is 3.02. The van der Waals surface area contributed by atoms with Crippen LogP contribution in [0.2, 0.25) is 0 Å². The van der Waals surface area contributed by atoms with Crippen molar-refractivity contribution in [2.75, 3.05) is 0 Å². The first-order chi connectivity index (χ1) is 10.5. The fourth-order valence-corrected chi connectivity index (χ4v) is 1.91. The van der Waals surface area contributed by atoms with Gasteiger partial charge in [0.05, 0.1) is 5.56 Å². The summed E-state index contributed by atoms with van der Waals surface area (Å²) >= 11 is 0. The molecule has 0 unspecified atom stereocenters. The van der Waals surface area contributed by atoms with E-state index in [9.17, 15) is 14.7 Å². The van der Waals surface area contributed by atoms with Crippen LogP contribution in [0.3, 0.4) is 0 Å². The molecule has 0 bridgehead atoms. The molecule has 4 N–H and O–H groups in total. The number of para-hydroxylation sites is 1. The summed E-state index contributed by atoms with van der Waals surface area (Å²) in [5, 5.41) is 18.4. The van der Waals surface area contributed by atoms with Crippen LogP contribution in [0, 0.1) is 0 Å². The van der Waals surface area contributed by atoms with Crippen LogP contribution in [0.4, 0.5) is 0 Å². The van der Waals surface area contributed by atoms with Crippen LogP contribution in [0.25, 0.3) is 0 Å². The second-order valence-electron chi connectivity index (χ2n) is 4.69. The Kier molecular flexibility index (Phi) is 4.75. The second kappa shape index (κ2) is 6.73. The highest BCUT2D eigenvalue weighted by Gasteiger charge is 2.19. The van der Waals surface area contributed by atoms with E-state index >= 15 is 0 Å². The fourth-order valence-electron chi connectivity index (χ4n) is 1.91. The Morgan fingerprint density at radius 1 is 1.14 bits per heavy atom. The van der Waals surface area contributed by atoms with Crippen LogP contribution < -0.4 is 10.5 Å². The van der Waals surface area contributed by atoms with Gasteiger partial charge in [-0.3, -0.25) is 4.79 Å². The fraction of sp³-hybridized carbons (Fsp3) is 0.125. The molecule has 0 spiro atoms. The zero-order chi connectivity index (χ0) is 16.1. The summed E-state index contributed by atoms with van der Waals surface area (Å²) in [6.07, 6.45) is -0.0468. The average Bonchev–Trinajstić information content (AvgIpc) is 2.49. The molecule has 2 rings (SSSR count). The predicted octanol–water partition coefficient (Wildman–Crippen LogP) is 1.57. The third-order valence-corrected chi connectivity index (χ3v) is 3.02. The topological polar surface area (TPSA) is 110 Å².